The Morgan fingerprint density at radius 1 is 1.42 bits per heavy atom. The molecular formula is C14H21N5. The average Bonchev–Trinajstić information content (AvgIpc) is 3.11. The normalized spacial score (nSPS) is 15.7. The van der Waals surface area contributed by atoms with Crippen LogP contribution in [0, 0.1) is 0 Å². The standard InChI is InChI=1S/C14H21N5/c1-3-18-8-4-6-12(18)10-15-11(2)14-17-16-13-7-5-9-19(13)14/h4,6,8,11,15H,3,5,7,9-10H2,1-2H3. The summed E-state index contributed by atoms with van der Waals surface area (Å²) in [5.41, 5.74) is 1.32. The lowest BCUT2D eigenvalue weighted by molar-refractivity contribution is 0.503. The first-order valence-electron chi connectivity index (χ1n) is 7.09. The van der Waals surface area contributed by atoms with Gasteiger partial charge in [-0.15, -0.1) is 10.2 Å². The number of hydrogen-bond donors (Lipinski definition) is 1. The van der Waals surface area contributed by atoms with Crippen molar-refractivity contribution >= 4 is 0 Å². The summed E-state index contributed by atoms with van der Waals surface area (Å²) in [5, 5.41) is 12.1. The quantitative estimate of drug-likeness (QED) is 0.892. The van der Waals surface area contributed by atoms with E-state index >= 15 is 0 Å². The van der Waals surface area contributed by atoms with Crippen LogP contribution in [0.3, 0.4) is 0 Å². The van der Waals surface area contributed by atoms with Crippen LogP contribution in [-0.4, -0.2) is 19.3 Å². The molecule has 102 valence electrons. The second-order valence-corrected chi connectivity index (χ2v) is 5.12. The van der Waals surface area contributed by atoms with E-state index in [9.17, 15) is 0 Å². The fourth-order valence-corrected chi connectivity index (χ4v) is 2.76. The minimum absolute atomic E-state index is 0.236. The topological polar surface area (TPSA) is 47.7 Å². The van der Waals surface area contributed by atoms with Crippen LogP contribution < -0.4 is 5.32 Å². The van der Waals surface area contributed by atoms with Crippen LogP contribution in [0.5, 0.6) is 0 Å². The molecule has 0 aromatic carbocycles. The second-order valence-electron chi connectivity index (χ2n) is 5.12. The van der Waals surface area contributed by atoms with Crippen molar-refractivity contribution < 1.29 is 0 Å². The fraction of sp³-hybridized carbons (Fsp3) is 0.571. The molecule has 3 heterocycles. The first-order valence-corrected chi connectivity index (χ1v) is 7.09. The third-order valence-corrected chi connectivity index (χ3v) is 3.88. The molecule has 1 aliphatic heterocycles. The summed E-state index contributed by atoms with van der Waals surface area (Å²) in [6.45, 7) is 7.27. The van der Waals surface area contributed by atoms with E-state index in [4.69, 9.17) is 0 Å². The highest BCUT2D eigenvalue weighted by Gasteiger charge is 2.20. The maximum atomic E-state index is 4.32. The van der Waals surface area contributed by atoms with Crippen molar-refractivity contribution in [2.45, 2.75) is 52.4 Å². The Morgan fingerprint density at radius 2 is 2.32 bits per heavy atom. The third kappa shape index (κ3) is 2.30. The van der Waals surface area contributed by atoms with E-state index in [2.05, 4.69) is 56.8 Å². The Hall–Kier alpha value is -1.62. The van der Waals surface area contributed by atoms with Crippen molar-refractivity contribution in [2.75, 3.05) is 0 Å². The maximum absolute atomic E-state index is 4.32. The molecule has 1 aliphatic rings. The lowest BCUT2D eigenvalue weighted by Crippen LogP contribution is -2.22. The zero-order valence-electron chi connectivity index (χ0n) is 11.6. The van der Waals surface area contributed by atoms with E-state index in [0.717, 1.165) is 37.7 Å². The predicted molar refractivity (Wildman–Crippen MR) is 73.7 cm³/mol. The molecule has 1 unspecified atom stereocenters. The van der Waals surface area contributed by atoms with E-state index < -0.39 is 0 Å². The summed E-state index contributed by atoms with van der Waals surface area (Å²) in [5.74, 6) is 2.21. The van der Waals surface area contributed by atoms with Gasteiger partial charge in [-0.2, -0.15) is 0 Å². The van der Waals surface area contributed by atoms with E-state index in [0.29, 0.717) is 0 Å². The zero-order chi connectivity index (χ0) is 13.2. The van der Waals surface area contributed by atoms with Crippen LogP contribution >= 0.6 is 0 Å². The molecule has 0 amide bonds. The molecule has 1 N–H and O–H groups in total. The number of fused-ring (bicyclic) bond motifs is 1. The Morgan fingerprint density at radius 3 is 3.16 bits per heavy atom. The van der Waals surface area contributed by atoms with E-state index in [-0.39, 0.29) is 6.04 Å². The summed E-state index contributed by atoms with van der Waals surface area (Å²) < 4.78 is 4.52. The van der Waals surface area contributed by atoms with Crippen LogP contribution in [0.15, 0.2) is 18.3 Å². The van der Waals surface area contributed by atoms with Gasteiger partial charge in [0.1, 0.15) is 11.6 Å². The molecule has 0 fully saturated rings. The molecule has 0 saturated carbocycles. The van der Waals surface area contributed by atoms with Crippen LogP contribution in [0.25, 0.3) is 0 Å². The van der Waals surface area contributed by atoms with Crippen molar-refractivity contribution in [2.24, 2.45) is 0 Å². The number of rotatable bonds is 5. The van der Waals surface area contributed by atoms with Crippen molar-refractivity contribution in [3.8, 4) is 0 Å². The third-order valence-electron chi connectivity index (χ3n) is 3.88. The van der Waals surface area contributed by atoms with Gasteiger partial charge in [0, 0.05) is 37.9 Å². The summed E-state index contributed by atoms with van der Waals surface area (Å²) in [6, 6.07) is 4.50. The number of aromatic nitrogens is 4. The largest absolute Gasteiger partial charge is 0.351 e. The van der Waals surface area contributed by atoms with Gasteiger partial charge in [-0.3, -0.25) is 0 Å². The Kier molecular flexibility index (Phi) is 3.38. The summed E-state index contributed by atoms with van der Waals surface area (Å²) in [7, 11) is 0. The van der Waals surface area contributed by atoms with E-state index in [1.807, 2.05) is 0 Å². The first kappa shape index (κ1) is 12.4. The number of aryl methyl sites for hydroxylation is 2. The minimum atomic E-state index is 0.236. The highest BCUT2D eigenvalue weighted by atomic mass is 15.3. The maximum Gasteiger partial charge on any atom is 0.149 e. The number of hydrogen-bond acceptors (Lipinski definition) is 3. The molecule has 0 bridgehead atoms. The van der Waals surface area contributed by atoms with Gasteiger partial charge in [-0.05, 0) is 32.4 Å². The SMILES string of the molecule is CCn1cccc1CNC(C)c1nnc2n1CCC2. The van der Waals surface area contributed by atoms with Crippen molar-refractivity contribution in [3.05, 3.63) is 35.7 Å². The molecule has 19 heavy (non-hydrogen) atoms. The van der Waals surface area contributed by atoms with Crippen molar-refractivity contribution in [1.29, 1.82) is 0 Å². The first-order chi connectivity index (χ1) is 9.29. The highest BCUT2D eigenvalue weighted by molar-refractivity contribution is 5.08. The summed E-state index contributed by atoms with van der Waals surface area (Å²) in [4.78, 5) is 0. The van der Waals surface area contributed by atoms with Gasteiger partial charge in [0.05, 0.1) is 6.04 Å². The molecule has 3 rings (SSSR count). The Labute approximate surface area is 113 Å². The van der Waals surface area contributed by atoms with Crippen LogP contribution in [0.4, 0.5) is 0 Å². The van der Waals surface area contributed by atoms with Gasteiger partial charge in [0.15, 0.2) is 0 Å². The van der Waals surface area contributed by atoms with Crippen LogP contribution in [0.2, 0.25) is 0 Å². The Balaban J connectivity index is 1.67. The van der Waals surface area contributed by atoms with Gasteiger partial charge >= 0.3 is 0 Å². The molecule has 0 aliphatic carbocycles. The molecule has 0 saturated heterocycles. The summed E-state index contributed by atoms with van der Waals surface area (Å²) >= 11 is 0. The lowest BCUT2D eigenvalue weighted by Gasteiger charge is -2.14. The van der Waals surface area contributed by atoms with Crippen LogP contribution in [-0.2, 0) is 26.1 Å². The van der Waals surface area contributed by atoms with Gasteiger partial charge in [-0.25, -0.2) is 0 Å². The van der Waals surface area contributed by atoms with Gasteiger partial charge in [0.25, 0.3) is 0 Å². The van der Waals surface area contributed by atoms with E-state index in [1.165, 1.54) is 12.1 Å². The molecular weight excluding hydrogens is 238 g/mol. The molecule has 0 radical (unpaired) electrons. The predicted octanol–water partition coefficient (Wildman–Crippen LogP) is 1.90. The molecule has 1 atom stereocenters. The average molecular weight is 259 g/mol. The molecule has 2 aromatic heterocycles. The highest BCUT2D eigenvalue weighted by Crippen LogP contribution is 2.19. The minimum Gasteiger partial charge on any atom is -0.351 e. The Bertz CT molecular complexity index is 554. The monoisotopic (exact) mass is 259 g/mol. The lowest BCUT2D eigenvalue weighted by atomic mass is 10.3. The fourth-order valence-electron chi connectivity index (χ4n) is 2.76. The smallest absolute Gasteiger partial charge is 0.149 e. The van der Waals surface area contributed by atoms with E-state index in [1.54, 1.807) is 0 Å². The van der Waals surface area contributed by atoms with Gasteiger partial charge < -0.3 is 14.5 Å². The summed E-state index contributed by atoms with van der Waals surface area (Å²) in [6.07, 6.45) is 4.39. The molecule has 5 heteroatoms. The number of nitrogens with zero attached hydrogens (tertiary/aromatic N) is 4. The number of nitrogens with one attached hydrogen (secondary N) is 1. The second kappa shape index (κ2) is 5.17. The molecule has 5 nitrogen and oxygen atoms in total. The van der Waals surface area contributed by atoms with Gasteiger partial charge in [-0.1, -0.05) is 0 Å². The molecule has 2 aromatic rings. The van der Waals surface area contributed by atoms with Crippen LogP contribution in [0.1, 0.15) is 43.7 Å². The van der Waals surface area contributed by atoms with Crippen molar-refractivity contribution in [3.63, 3.8) is 0 Å². The van der Waals surface area contributed by atoms with Gasteiger partial charge in [0.2, 0.25) is 0 Å². The molecule has 0 spiro atoms. The zero-order valence-corrected chi connectivity index (χ0v) is 11.6. The van der Waals surface area contributed by atoms with Crippen molar-refractivity contribution in [1.82, 2.24) is 24.6 Å².